The van der Waals surface area contributed by atoms with Crippen molar-refractivity contribution in [2.45, 2.75) is 25.6 Å². The Hall–Kier alpha value is -1.30. The highest BCUT2D eigenvalue weighted by Crippen LogP contribution is 2.28. The van der Waals surface area contributed by atoms with Crippen LogP contribution in [0.1, 0.15) is 19.0 Å². The summed E-state index contributed by atoms with van der Waals surface area (Å²) in [5.41, 5.74) is -0.494. The van der Waals surface area contributed by atoms with Gasteiger partial charge in [-0.3, -0.25) is 4.98 Å². The number of hydrogen-bond donors (Lipinski definition) is 1. The van der Waals surface area contributed by atoms with E-state index in [1.165, 1.54) is 6.07 Å². The van der Waals surface area contributed by atoms with Gasteiger partial charge in [0.1, 0.15) is 5.69 Å². The van der Waals surface area contributed by atoms with Crippen LogP contribution in [0.5, 0.6) is 0 Å². The van der Waals surface area contributed by atoms with E-state index in [1.54, 1.807) is 7.11 Å². The van der Waals surface area contributed by atoms with Crippen molar-refractivity contribution in [2.75, 3.05) is 19.0 Å². The molecule has 0 radical (unpaired) electrons. The Balaban J connectivity index is 2.78. The summed E-state index contributed by atoms with van der Waals surface area (Å²) in [6.45, 7) is 2.38. The van der Waals surface area contributed by atoms with Crippen LogP contribution < -0.4 is 5.32 Å². The molecule has 1 heterocycles. The normalized spacial score (nSPS) is 13.5. The number of alkyl halides is 3. The van der Waals surface area contributed by atoms with Crippen molar-refractivity contribution >= 4 is 5.69 Å². The molecule has 6 heteroatoms. The van der Waals surface area contributed by atoms with E-state index in [2.05, 4.69) is 10.3 Å². The number of nitrogens with zero attached hydrogens (tertiary/aromatic N) is 1. The van der Waals surface area contributed by atoms with Crippen LogP contribution in [0.4, 0.5) is 18.9 Å². The van der Waals surface area contributed by atoms with E-state index in [0.717, 1.165) is 18.7 Å². The molecule has 0 bridgehead atoms. The molecule has 0 saturated heterocycles. The van der Waals surface area contributed by atoms with Crippen LogP contribution in [0, 0.1) is 0 Å². The Morgan fingerprint density at radius 2 is 2.18 bits per heavy atom. The standard InChI is InChI=1S/C11H15F3N2O/c1-3-8(7-17-2)16-9-4-5-15-10(6-9)11(12,13)14/h4-6,8H,3,7H2,1-2H3,(H,15,16). The first kappa shape index (κ1) is 13.8. The molecular formula is C11H15F3N2O. The number of rotatable bonds is 5. The Bertz CT molecular complexity index is 355. The lowest BCUT2D eigenvalue weighted by Crippen LogP contribution is -2.24. The molecule has 0 aromatic carbocycles. The number of nitrogens with one attached hydrogen (secondary N) is 1. The molecule has 1 N–H and O–H groups in total. The fourth-order valence-electron chi connectivity index (χ4n) is 1.37. The van der Waals surface area contributed by atoms with Gasteiger partial charge in [0.25, 0.3) is 0 Å². The average molecular weight is 248 g/mol. The minimum Gasteiger partial charge on any atom is -0.383 e. The predicted octanol–water partition coefficient (Wildman–Crippen LogP) is 2.94. The zero-order chi connectivity index (χ0) is 12.9. The Kier molecular flexibility index (Phi) is 4.74. The first-order chi connectivity index (χ1) is 7.97. The average Bonchev–Trinajstić information content (AvgIpc) is 2.28. The molecule has 0 saturated carbocycles. The van der Waals surface area contributed by atoms with Gasteiger partial charge in [-0.15, -0.1) is 0 Å². The van der Waals surface area contributed by atoms with E-state index >= 15 is 0 Å². The highest BCUT2D eigenvalue weighted by Gasteiger charge is 2.32. The van der Waals surface area contributed by atoms with Crippen LogP contribution in [-0.2, 0) is 10.9 Å². The van der Waals surface area contributed by atoms with Gasteiger partial charge in [0.15, 0.2) is 0 Å². The van der Waals surface area contributed by atoms with Crippen LogP contribution >= 0.6 is 0 Å². The second kappa shape index (κ2) is 5.86. The highest BCUT2D eigenvalue weighted by molar-refractivity contribution is 5.44. The van der Waals surface area contributed by atoms with Crippen LogP contribution in [0.2, 0.25) is 0 Å². The zero-order valence-electron chi connectivity index (χ0n) is 9.71. The number of halogens is 3. The molecular weight excluding hydrogens is 233 g/mol. The van der Waals surface area contributed by atoms with Gasteiger partial charge in [0.2, 0.25) is 0 Å². The maximum Gasteiger partial charge on any atom is 0.433 e. The minimum atomic E-state index is -4.42. The number of ether oxygens (including phenoxy) is 1. The zero-order valence-corrected chi connectivity index (χ0v) is 9.71. The Morgan fingerprint density at radius 1 is 1.47 bits per heavy atom. The second-order valence-electron chi connectivity index (χ2n) is 3.63. The molecule has 0 amide bonds. The summed E-state index contributed by atoms with van der Waals surface area (Å²) in [6.07, 6.45) is -2.51. The van der Waals surface area contributed by atoms with Crippen LogP contribution in [0.15, 0.2) is 18.3 Å². The number of pyridine rings is 1. The van der Waals surface area contributed by atoms with E-state index in [9.17, 15) is 13.2 Å². The summed E-state index contributed by atoms with van der Waals surface area (Å²) in [4.78, 5) is 3.29. The summed E-state index contributed by atoms with van der Waals surface area (Å²) in [6, 6.07) is 2.50. The Labute approximate surface area is 98.0 Å². The lowest BCUT2D eigenvalue weighted by atomic mass is 10.2. The van der Waals surface area contributed by atoms with Crippen molar-refractivity contribution in [2.24, 2.45) is 0 Å². The molecule has 1 aromatic rings. The quantitative estimate of drug-likeness (QED) is 0.869. The fourth-order valence-corrected chi connectivity index (χ4v) is 1.37. The van der Waals surface area contributed by atoms with Crippen molar-refractivity contribution < 1.29 is 17.9 Å². The van der Waals surface area contributed by atoms with Crippen molar-refractivity contribution in [3.63, 3.8) is 0 Å². The molecule has 3 nitrogen and oxygen atoms in total. The lowest BCUT2D eigenvalue weighted by molar-refractivity contribution is -0.141. The molecule has 0 aliphatic carbocycles. The van der Waals surface area contributed by atoms with Gasteiger partial charge in [-0.2, -0.15) is 13.2 Å². The summed E-state index contributed by atoms with van der Waals surface area (Å²) >= 11 is 0. The van der Waals surface area contributed by atoms with Gasteiger partial charge in [-0.25, -0.2) is 0 Å². The smallest absolute Gasteiger partial charge is 0.383 e. The van der Waals surface area contributed by atoms with Gasteiger partial charge in [0.05, 0.1) is 6.61 Å². The predicted molar refractivity (Wildman–Crippen MR) is 58.8 cm³/mol. The molecule has 0 aliphatic rings. The maximum atomic E-state index is 12.4. The third-order valence-electron chi connectivity index (χ3n) is 2.28. The molecule has 1 unspecified atom stereocenters. The number of methoxy groups -OCH3 is 1. The summed E-state index contributed by atoms with van der Waals surface area (Å²) < 4.78 is 42.2. The summed E-state index contributed by atoms with van der Waals surface area (Å²) in [5, 5.41) is 2.98. The van der Waals surface area contributed by atoms with E-state index in [0.29, 0.717) is 12.3 Å². The van der Waals surface area contributed by atoms with Crippen molar-refractivity contribution in [1.82, 2.24) is 4.98 Å². The van der Waals surface area contributed by atoms with Crippen molar-refractivity contribution in [1.29, 1.82) is 0 Å². The van der Waals surface area contributed by atoms with E-state index in [4.69, 9.17) is 4.74 Å². The summed E-state index contributed by atoms with van der Waals surface area (Å²) in [5.74, 6) is 0. The molecule has 0 fully saturated rings. The molecule has 0 aliphatic heterocycles. The topological polar surface area (TPSA) is 34.1 Å². The van der Waals surface area contributed by atoms with Crippen molar-refractivity contribution in [3.05, 3.63) is 24.0 Å². The van der Waals surface area contributed by atoms with E-state index in [-0.39, 0.29) is 6.04 Å². The first-order valence-electron chi connectivity index (χ1n) is 5.26. The van der Waals surface area contributed by atoms with Gasteiger partial charge in [-0.1, -0.05) is 6.92 Å². The highest BCUT2D eigenvalue weighted by atomic mass is 19.4. The first-order valence-corrected chi connectivity index (χ1v) is 5.26. The minimum absolute atomic E-state index is 0.0107. The van der Waals surface area contributed by atoms with E-state index < -0.39 is 11.9 Å². The van der Waals surface area contributed by atoms with Crippen LogP contribution in [-0.4, -0.2) is 24.7 Å². The summed E-state index contributed by atoms with van der Waals surface area (Å²) in [7, 11) is 1.55. The maximum absolute atomic E-state index is 12.4. The molecule has 1 rings (SSSR count). The monoisotopic (exact) mass is 248 g/mol. The van der Waals surface area contributed by atoms with Crippen molar-refractivity contribution in [3.8, 4) is 0 Å². The molecule has 96 valence electrons. The SMILES string of the molecule is CCC(COC)Nc1ccnc(C(F)(F)F)c1. The lowest BCUT2D eigenvalue weighted by Gasteiger charge is -2.17. The van der Waals surface area contributed by atoms with Crippen LogP contribution in [0.25, 0.3) is 0 Å². The second-order valence-corrected chi connectivity index (χ2v) is 3.63. The number of aromatic nitrogens is 1. The van der Waals surface area contributed by atoms with Crippen LogP contribution in [0.3, 0.4) is 0 Å². The molecule has 1 atom stereocenters. The van der Waals surface area contributed by atoms with Gasteiger partial charge >= 0.3 is 6.18 Å². The molecule has 0 spiro atoms. The van der Waals surface area contributed by atoms with Gasteiger partial charge < -0.3 is 10.1 Å². The number of anilines is 1. The van der Waals surface area contributed by atoms with Gasteiger partial charge in [-0.05, 0) is 18.6 Å². The third-order valence-corrected chi connectivity index (χ3v) is 2.28. The fraction of sp³-hybridized carbons (Fsp3) is 0.545. The molecule has 1 aromatic heterocycles. The number of hydrogen-bond acceptors (Lipinski definition) is 3. The van der Waals surface area contributed by atoms with Gasteiger partial charge in [0, 0.05) is 25.0 Å². The largest absolute Gasteiger partial charge is 0.433 e. The third kappa shape index (κ3) is 4.22. The Morgan fingerprint density at radius 3 is 2.71 bits per heavy atom. The van der Waals surface area contributed by atoms with E-state index in [1.807, 2.05) is 6.92 Å². The molecule has 17 heavy (non-hydrogen) atoms.